The molecule has 1 aromatic carbocycles. The first-order valence-electron chi connectivity index (χ1n) is 8.93. The molecule has 6 nitrogen and oxygen atoms in total. The van der Waals surface area contributed by atoms with Crippen LogP contribution in [0.3, 0.4) is 0 Å². The summed E-state index contributed by atoms with van der Waals surface area (Å²) in [4.78, 5) is 16.1. The highest BCUT2D eigenvalue weighted by Crippen LogP contribution is 2.27. The lowest BCUT2D eigenvalue weighted by atomic mass is 9.91. The summed E-state index contributed by atoms with van der Waals surface area (Å²) in [7, 11) is 0. The second-order valence-electron chi connectivity index (χ2n) is 6.79. The molecule has 1 aliphatic heterocycles. The van der Waals surface area contributed by atoms with Crippen LogP contribution in [0.2, 0.25) is 0 Å². The third-order valence-electron chi connectivity index (χ3n) is 5.10. The minimum absolute atomic E-state index is 0.429. The van der Waals surface area contributed by atoms with Crippen LogP contribution in [-0.4, -0.2) is 33.8 Å². The summed E-state index contributed by atoms with van der Waals surface area (Å²) in [5, 5.41) is 13.3. The highest BCUT2D eigenvalue weighted by molar-refractivity contribution is 5.93. The van der Waals surface area contributed by atoms with Crippen molar-refractivity contribution in [2.75, 3.05) is 13.1 Å². The highest BCUT2D eigenvalue weighted by Gasteiger charge is 2.16. The number of carbonyl (C=O) groups is 1. The molecule has 0 spiro atoms. The number of nitrogens with one attached hydrogen (secondary N) is 2. The molecule has 1 aliphatic rings. The number of amides is 1. The number of aromatic nitrogens is 2. The number of hydrogen-bond acceptors (Lipinski definition) is 4. The second-order valence-corrected chi connectivity index (χ2v) is 6.79. The Hall–Kier alpha value is -2.70. The predicted molar refractivity (Wildman–Crippen MR) is 99.4 cm³/mol. The van der Waals surface area contributed by atoms with Crippen LogP contribution >= 0.6 is 0 Å². The number of nitrogens with zero attached hydrogens (tertiary/aromatic N) is 2. The molecule has 0 aliphatic carbocycles. The standard InChI is InChI=1S/C20H22N4O2/c25-20(23-26)16-3-1-14(2-4-16)13-24-10-7-17-11-18(12-22-19(17)24)15-5-8-21-9-6-15/h1-4,7,10-12,15,21,26H,5-6,8-9,13H2,(H,23,25). The zero-order valence-electron chi connectivity index (χ0n) is 14.5. The Morgan fingerprint density at radius 2 is 2.00 bits per heavy atom. The third kappa shape index (κ3) is 3.34. The van der Waals surface area contributed by atoms with Gasteiger partial charge in [0.1, 0.15) is 5.65 Å². The smallest absolute Gasteiger partial charge is 0.274 e. The van der Waals surface area contributed by atoms with Crippen LogP contribution in [0, 0.1) is 0 Å². The van der Waals surface area contributed by atoms with E-state index in [9.17, 15) is 4.79 Å². The Morgan fingerprint density at radius 3 is 2.73 bits per heavy atom. The molecule has 0 atom stereocenters. The lowest BCUT2D eigenvalue weighted by molar-refractivity contribution is 0.0706. The van der Waals surface area contributed by atoms with Crippen LogP contribution in [0.25, 0.3) is 11.0 Å². The van der Waals surface area contributed by atoms with Crippen molar-refractivity contribution in [2.45, 2.75) is 25.3 Å². The molecular weight excluding hydrogens is 328 g/mol. The molecule has 0 saturated carbocycles. The van der Waals surface area contributed by atoms with Gasteiger partial charge < -0.3 is 9.88 Å². The van der Waals surface area contributed by atoms with Crippen LogP contribution in [0.4, 0.5) is 0 Å². The van der Waals surface area contributed by atoms with Crippen LogP contribution < -0.4 is 10.8 Å². The maximum absolute atomic E-state index is 11.4. The van der Waals surface area contributed by atoms with E-state index >= 15 is 0 Å². The number of fused-ring (bicyclic) bond motifs is 1. The van der Waals surface area contributed by atoms with Gasteiger partial charge in [0, 0.05) is 29.9 Å². The van der Waals surface area contributed by atoms with E-state index in [0.717, 1.165) is 29.7 Å². The fraction of sp³-hybridized carbons (Fsp3) is 0.300. The summed E-state index contributed by atoms with van der Waals surface area (Å²) in [6.07, 6.45) is 6.41. The lowest BCUT2D eigenvalue weighted by Gasteiger charge is -2.22. The maximum atomic E-state index is 11.4. The van der Waals surface area contributed by atoms with Gasteiger partial charge >= 0.3 is 0 Å². The van der Waals surface area contributed by atoms with E-state index in [2.05, 4.69) is 28.2 Å². The SMILES string of the molecule is O=C(NO)c1ccc(Cn2ccc3cc(C4CCNCC4)cnc32)cc1. The number of benzene rings is 1. The Labute approximate surface area is 151 Å². The molecule has 3 N–H and O–H groups in total. The van der Waals surface area contributed by atoms with Crippen LogP contribution in [-0.2, 0) is 6.54 Å². The van der Waals surface area contributed by atoms with Crippen LogP contribution in [0.15, 0.2) is 48.8 Å². The van der Waals surface area contributed by atoms with E-state index in [1.165, 1.54) is 18.4 Å². The Kier molecular flexibility index (Phi) is 4.69. The Morgan fingerprint density at radius 1 is 1.23 bits per heavy atom. The first kappa shape index (κ1) is 16.8. The van der Waals surface area contributed by atoms with E-state index < -0.39 is 5.91 Å². The first-order valence-corrected chi connectivity index (χ1v) is 8.93. The van der Waals surface area contributed by atoms with Crippen molar-refractivity contribution in [1.82, 2.24) is 20.3 Å². The topological polar surface area (TPSA) is 79.2 Å². The fourth-order valence-corrected chi connectivity index (χ4v) is 3.62. The molecule has 6 heteroatoms. The summed E-state index contributed by atoms with van der Waals surface area (Å²) in [6, 6.07) is 11.6. The first-order chi connectivity index (χ1) is 12.7. The van der Waals surface area contributed by atoms with Gasteiger partial charge in [-0.2, -0.15) is 0 Å². The van der Waals surface area contributed by atoms with Crippen molar-refractivity contribution in [2.24, 2.45) is 0 Å². The third-order valence-corrected chi connectivity index (χ3v) is 5.10. The van der Waals surface area contributed by atoms with E-state index in [-0.39, 0.29) is 0 Å². The van der Waals surface area contributed by atoms with Crippen molar-refractivity contribution >= 4 is 16.9 Å². The lowest BCUT2D eigenvalue weighted by Crippen LogP contribution is -2.26. The summed E-state index contributed by atoms with van der Waals surface area (Å²) in [5.74, 6) is 0.0942. The van der Waals surface area contributed by atoms with Crippen LogP contribution in [0.5, 0.6) is 0 Å². The number of rotatable bonds is 4. The van der Waals surface area contributed by atoms with Crippen molar-refractivity contribution in [1.29, 1.82) is 0 Å². The Balaban J connectivity index is 1.54. The number of pyridine rings is 1. The van der Waals surface area contributed by atoms with Gasteiger partial charge in [-0.15, -0.1) is 0 Å². The molecule has 3 aromatic rings. The van der Waals surface area contributed by atoms with E-state index in [0.29, 0.717) is 18.0 Å². The number of carbonyl (C=O) groups excluding carboxylic acids is 1. The second kappa shape index (κ2) is 7.27. The van der Waals surface area contributed by atoms with E-state index in [1.54, 1.807) is 17.6 Å². The normalized spacial score (nSPS) is 15.3. The monoisotopic (exact) mass is 350 g/mol. The van der Waals surface area contributed by atoms with Gasteiger partial charge in [-0.3, -0.25) is 10.0 Å². The molecule has 1 saturated heterocycles. The average Bonchev–Trinajstić information content (AvgIpc) is 3.10. The number of piperidine rings is 1. The van der Waals surface area contributed by atoms with E-state index in [4.69, 9.17) is 10.2 Å². The molecule has 0 unspecified atom stereocenters. The summed E-state index contributed by atoms with van der Waals surface area (Å²) in [6.45, 7) is 2.84. The minimum atomic E-state index is -0.505. The molecule has 0 bridgehead atoms. The molecule has 3 heterocycles. The molecule has 134 valence electrons. The van der Waals surface area contributed by atoms with Crippen LogP contribution in [0.1, 0.15) is 40.2 Å². The van der Waals surface area contributed by atoms with E-state index in [1.807, 2.05) is 18.3 Å². The largest absolute Gasteiger partial charge is 0.328 e. The zero-order valence-corrected chi connectivity index (χ0v) is 14.5. The van der Waals surface area contributed by atoms with Gasteiger partial charge in [0.15, 0.2) is 0 Å². The average molecular weight is 350 g/mol. The van der Waals surface area contributed by atoms with Crippen molar-refractivity contribution < 1.29 is 10.0 Å². The zero-order chi connectivity index (χ0) is 17.9. The number of hydrogen-bond donors (Lipinski definition) is 3. The van der Waals surface area contributed by atoms with Gasteiger partial charge in [-0.1, -0.05) is 12.1 Å². The summed E-state index contributed by atoms with van der Waals surface area (Å²) < 4.78 is 2.11. The quantitative estimate of drug-likeness (QED) is 0.499. The van der Waals surface area contributed by atoms with Gasteiger partial charge in [0.05, 0.1) is 0 Å². The molecule has 0 radical (unpaired) electrons. The van der Waals surface area contributed by atoms with Gasteiger partial charge in [-0.05, 0) is 67.2 Å². The summed E-state index contributed by atoms with van der Waals surface area (Å²) >= 11 is 0. The van der Waals surface area contributed by atoms with Crippen molar-refractivity contribution in [3.63, 3.8) is 0 Å². The predicted octanol–water partition coefficient (Wildman–Crippen LogP) is 2.67. The molecule has 4 rings (SSSR count). The van der Waals surface area contributed by atoms with Gasteiger partial charge in [-0.25, -0.2) is 10.5 Å². The van der Waals surface area contributed by atoms with Crippen molar-refractivity contribution in [3.8, 4) is 0 Å². The van der Waals surface area contributed by atoms with Gasteiger partial charge in [0.2, 0.25) is 0 Å². The molecule has 26 heavy (non-hydrogen) atoms. The van der Waals surface area contributed by atoms with Crippen molar-refractivity contribution in [3.05, 3.63) is 65.5 Å². The maximum Gasteiger partial charge on any atom is 0.274 e. The Bertz CT molecular complexity index is 911. The number of hydroxylamine groups is 1. The summed E-state index contributed by atoms with van der Waals surface area (Å²) in [5.41, 5.74) is 5.45. The molecule has 1 fully saturated rings. The fourth-order valence-electron chi connectivity index (χ4n) is 3.62. The minimum Gasteiger partial charge on any atom is -0.328 e. The highest BCUT2D eigenvalue weighted by atomic mass is 16.5. The molecule has 2 aromatic heterocycles. The molecule has 1 amide bonds. The molecular formula is C20H22N4O2. The van der Waals surface area contributed by atoms with Gasteiger partial charge in [0.25, 0.3) is 5.91 Å².